The largest absolute Gasteiger partial charge is 0.496 e. The molecule has 2 aliphatic rings. The van der Waals surface area contributed by atoms with Gasteiger partial charge in [0.2, 0.25) is 5.91 Å². The number of hydrogen-bond donors (Lipinski definition) is 4. The van der Waals surface area contributed by atoms with E-state index < -0.39 is 36.6 Å². The molecule has 1 aromatic heterocycles. The lowest BCUT2D eigenvalue weighted by Gasteiger charge is -2.50. The van der Waals surface area contributed by atoms with Gasteiger partial charge in [-0.25, -0.2) is 4.39 Å². The third kappa shape index (κ3) is 9.99. The molecular formula is C45H65FN6O6. The second-order valence-corrected chi connectivity index (χ2v) is 17.7. The molecule has 2 heterocycles. The maximum atomic E-state index is 15.8. The molecule has 0 unspecified atom stereocenters. The second-order valence-electron chi connectivity index (χ2n) is 17.7. The van der Waals surface area contributed by atoms with Crippen molar-refractivity contribution >= 4 is 17.5 Å². The van der Waals surface area contributed by atoms with Crippen LogP contribution in [0, 0.1) is 34.9 Å². The van der Waals surface area contributed by atoms with Gasteiger partial charge in [-0.15, -0.1) is 0 Å². The van der Waals surface area contributed by atoms with Crippen LogP contribution in [0.4, 0.5) is 10.1 Å². The van der Waals surface area contributed by atoms with Crippen LogP contribution in [0.1, 0.15) is 69.6 Å². The maximum absolute atomic E-state index is 15.8. The predicted octanol–water partition coefficient (Wildman–Crippen LogP) is 5.16. The van der Waals surface area contributed by atoms with Crippen molar-refractivity contribution in [1.82, 2.24) is 25.6 Å². The number of aliphatic hydroxyl groups is 2. The SMILES string of the molecule is COc1c(CN2O[C@@H](CO)[C@@H]([C@H](C)O)[C@H]2C(=O)N[C@H]2C[C@@H](C)C(C)(C)[C@@H](C)[C@@H]2C)cc(F)cc1-c1cc(C(=O)N[C@@H](Cc2ccccn2)CN(C)C)cc(N(C)C)c1. The Morgan fingerprint density at radius 1 is 1.10 bits per heavy atom. The molecule has 2 aromatic carbocycles. The minimum absolute atomic E-state index is 0.0910. The Balaban J connectivity index is 1.49. The van der Waals surface area contributed by atoms with Gasteiger partial charge in [0, 0.05) is 79.3 Å². The normalized spacial score (nSPS) is 25.6. The Kier molecular flexibility index (Phi) is 14.6. The molecule has 2 fully saturated rings. The van der Waals surface area contributed by atoms with E-state index in [4.69, 9.17) is 9.57 Å². The van der Waals surface area contributed by atoms with Gasteiger partial charge in [0.25, 0.3) is 5.91 Å². The smallest absolute Gasteiger partial charge is 0.251 e. The van der Waals surface area contributed by atoms with Gasteiger partial charge in [-0.3, -0.25) is 19.4 Å². The van der Waals surface area contributed by atoms with Crippen LogP contribution in [0.2, 0.25) is 0 Å². The highest BCUT2D eigenvalue weighted by molar-refractivity contribution is 5.97. The van der Waals surface area contributed by atoms with Gasteiger partial charge in [0.05, 0.1) is 26.4 Å². The number of hydroxylamine groups is 2. The van der Waals surface area contributed by atoms with Crippen molar-refractivity contribution in [2.75, 3.05) is 53.4 Å². The number of hydrogen-bond acceptors (Lipinski definition) is 10. The first-order chi connectivity index (χ1) is 27.4. The molecule has 9 atom stereocenters. The van der Waals surface area contributed by atoms with Crippen LogP contribution < -0.4 is 20.3 Å². The molecule has 2 amide bonds. The van der Waals surface area contributed by atoms with Gasteiger partial charge in [-0.2, -0.15) is 5.06 Å². The number of pyridine rings is 1. The standard InChI is InChI=1S/C45H65FN6O6/c1-26-16-38(27(2)28(3)45(26,5)6)49-44(56)41-40(29(4)54)39(25-53)58-52(41)23-32-18-33(46)21-37(42(32)57-11)30-17-31(20-36(19-30)51(9)10)43(55)48-35(24-50(7)8)22-34-14-12-13-15-47-34/h12-15,17-21,26-29,35,38-41,53-54H,16,22-25H2,1-11H3,(H,48,55)(H,49,56)/t26-,27+,28+,29+,35+,38+,39+,40-,41+/m1/s1. The number of nitrogens with one attached hydrogen (secondary N) is 2. The van der Waals surface area contributed by atoms with Crippen molar-refractivity contribution in [3.8, 4) is 16.9 Å². The number of likely N-dealkylation sites (N-methyl/N-ethyl adjacent to an activating group) is 1. The summed E-state index contributed by atoms with van der Waals surface area (Å²) in [5.74, 6) is -0.703. The molecule has 318 valence electrons. The van der Waals surface area contributed by atoms with Crippen molar-refractivity contribution in [2.45, 2.75) is 91.3 Å². The summed E-state index contributed by atoms with van der Waals surface area (Å²) in [6.07, 6.45) is 1.20. The van der Waals surface area contributed by atoms with Crippen LogP contribution in [0.5, 0.6) is 5.75 Å². The van der Waals surface area contributed by atoms with E-state index in [1.54, 1.807) is 25.3 Å². The molecule has 1 aliphatic heterocycles. The quantitative estimate of drug-likeness (QED) is 0.163. The summed E-state index contributed by atoms with van der Waals surface area (Å²) in [5.41, 5.74) is 3.40. The number of carbonyl (C=O) groups is 2. The fourth-order valence-electron chi connectivity index (χ4n) is 8.90. The Bertz CT molecular complexity index is 1880. The van der Waals surface area contributed by atoms with E-state index in [2.05, 4.69) is 50.2 Å². The van der Waals surface area contributed by atoms with Crippen LogP contribution in [-0.2, 0) is 22.6 Å². The lowest BCUT2D eigenvalue weighted by molar-refractivity contribution is -0.182. The molecule has 1 saturated carbocycles. The third-order valence-electron chi connectivity index (χ3n) is 13.0. The monoisotopic (exact) mass is 804 g/mol. The van der Waals surface area contributed by atoms with Crippen LogP contribution in [0.3, 0.4) is 0 Å². The number of nitrogens with zero attached hydrogens (tertiary/aromatic N) is 4. The van der Waals surface area contributed by atoms with Gasteiger partial charge in [-0.05, 0) is 98.6 Å². The van der Waals surface area contributed by atoms with E-state index in [-0.39, 0.29) is 41.8 Å². The number of anilines is 1. The fourth-order valence-corrected chi connectivity index (χ4v) is 8.90. The number of ether oxygens (including phenoxy) is 1. The third-order valence-corrected chi connectivity index (χ3v) is 13.0. The van der Waals surface area contributed by atoms with E-state index in [1.165, 1.54) is 24.3 Å². The Morgan fingerprint density at radius 2 is 1.83 bits per heavy atom. The average molecular weight is 805 g/mol. The number of amides is 2. The molecule has 0 radical (unpaired) electrons. The molecule has 5 rings (SSSR count). The first-order valence-electron chi connectivity index (χ1n) is 20.4. The second kappa shape index (κ2) is 18.8. The number of methoxy groups -OCH3 is 1. The Hall–Kier alpha value is -4.14. The number of benzene rings is 2. The Morgan fingerprint density at radius 3 is 2.43 bits per heavy atom. The van der Waals surface area contributed by atoms with Crippen molar-refractivity contribution in [2.24, 2.45) is 29.1 Å². The Labute approximate surface area is 344 Å². The van der Waals surface area contributed by atoms with Crippen LogP contribution >= 0.6 is 0 Å². The fraction of sp³-hybridized carbons (Fsp3) is 0.578. The molecule has 1 saturated heterocycles. The lowest BCUT2D eigenvalue weighted by atomic mass is 9.58. The minimum atomic E-state index is -0.997. The van der Waals surface area contributed by atoms with E-state index in [9.17, 15) is 19.8 Å². The van der Waals surface area contributed by atoms with Crippen LogP contribution in [0.15, 0.2) is 54.7 Å². The number of carbonyl (C=O) groups excluding carboxylic acids is 2. The highest BCUT2D eigenvalue weighted by Crippen LogP contribution is 2.48. The molecule has 0 spiro atoms. The molecule has 1 aliphatic carbocycles. The zero-order valence-corrected chi connectivity index (χ0v) is 36.1. The number of halogens is 1. The topological polar surface area (TPSA) is 140 Å². The van der Waals surface area contributed by atoms with Crippen LogP contribution in [0.25, 0.3) is 11.1 Å². The summed E-state index contributed by atoms with van der Waals surface area (Å²) in [5, 5.41) is 29.3. The average Bonchev–Trinajstić information content (AvgIpc) is 3.54. The first-order valence-corrected chi connectivity index (χ1v) is 20.4. The van der Waals surface area contributed by atoms with Crippen molar-refractivity contribution in [1.29, 1.82) is 0 Å². The molecule has 4 N–H and O–H groups in total. The van der Waals surface area contributed by atoms with E-state index in [0.29, 0.717) is 52.8 Å². The predicted molar refractivity (Wildman–Crippen MR) is 225 cm³/mol. The summed E-state index contributed by atoms with van der Waals surface area (Å²) < 4.78 is 21.8. The molecule has 0 bridgehead atoms. The van der Waals surface area contributed by atoms with Crippen molar-refractivity contribution in [3.05, 3.63) is 77.4 Å². The zero-order valence-electron chi connectivity index (χ0n) is 36.1. The summed E-state index contributed by atoms with van der Waals surface area (Å²) in [6, 6.07) is 12.5. The summed E-state index contributed by atoms with van der Waals surface area (Å²) in [6.45, 7) is 12.8. The van der Waals surface area contributed by atoms with E-state index in [0.717, 1.165) is 17.8 Å². The van der Waals surface area contributed by atoms with E-state index in [1.807, 2.05) is 62.3 Å². The van der Waals surface area contributed by atoms with Gasteiger partial charge in [-0.1, -0.05) is 40.7 Å². The van der Waals surface area contributed by atoms with Gasteiger partial charge in [0.1, 0.15) is 23.7 Å². The summed E-state index contributed by atoms with van der Waals surface area (Å²) >= 11 is 0. The number of rotatable bonds is 15. The molecule has 12 nitrogen and oxygen atoms in total. The molecular weight excluding hydrogens is 740 g/mol. The highest BCUT2D eigenvalue weighted by Gasteiger charge is 2.51. The number of aromatic nitrogens is 1. The van der Waals surface area contributed by atoms with E-state index >= 15 is 4.39 Å². The van der Waals surface area contributed by atoms with Crippen LogP contribution in [-0.4, -0.2) is 116 Å². The minimum Gasteiger partial charge on any atom is -0.496 e. The van der Waals surface area contributed by atoms with Gasteiger partial charge < -0.3 is 35.4 Å². The van der Waals surface area contributed by atoms with Gasteiger partial charge >= 0.3 is 0 Å². The molecule has 3 aromatic rings. The summed E-state index contributed by atoms with van der Waals surface area (Å²) in [4.78, 5) is 43.0. The zero-order chi connectivity index (χ0) is 42.6. The number of aliphatic hydroxyl groups excluding tert-OH is 2. The van der Waals surface area contributed by atoms with Crippen molar-refractivity contribution < 1.29 is 33.8 Å². The van der Waals surface area contributed by atoms with Crippen molar-refractivity contribution in [3.63, 3.8) is 0 Å². The molecule has 13 heteroatoms. The molecule has 58 heavy (non-hydrogen) atoms. The first kappa shape index (κ1) is 45.0. The lowest BCUT2D eigenvalue weighted by Crippen LogP contribution is -2.56. The summed E-state index contributed by atoms with van der Waals surface area (Å²) in [7, 11) is 9.13. The highest BCUT2D eigenvalue weighted by atomic mass is 19.1. The maximum Gasteiger partial charge on any atom is 0.251 e. The van der Waals surface area contributed by atoms with Gasteiger partial charge in [0.15, 0.2) is 0 Å².